The molecular weight excluding hydrogens is 394 g/mol. The third-order valence-electron chi connectivity index (χ3n) is 4.42. The highest BCUT2D eigenvalue weighted by Gasteiger charge is 2.09. The number of hydrogen-bond donors (Lipinski definition) is 4. The number of carbonyl (C=O) groups excluding carboxylic acids is 3. The van der Waals surface area contributed by atoms with Crippen LogP contribution in [0, 0.1) is 5.92 Å². The van der Waals surface area contributed by atoms with Crippen LogP contribution in [0.3, 0.4) is 0 Å². The van der Waals surface area contributed by atoms with E-state index in [1.807, 2.05) is 38.9 Å². The van der Waals surface area contributed by atoms with E-state index in [1.165, 1.54) is 0 Å². The summed E-state index contributed by atoms with van der Waals surface area (Å²) in [6.07, 6.45) is 0. The minimum Gasteiger partial charge on any atom is -0.351 e. The average Bonchev–Trinajstić information content (AvgIpc) is 2.73. The molecule has 0 saturated heterocycles. The molecule has 0 aliphatic rings. The Bertz CT molecular complexity index is 894. The lowest BCUT2D eigenvalue weighted by Gasteiger charge is -2.12. The van der Waals surface area contributed by atoms with Crippen molar-refractivity contribution in [2.75, 3.05) is 37.8 Å². The number of carbonyl (C=O) groups is 3. The molecule has 31 heavy (non-hydrogen) atoms. The van der Waals surface area contributed by atoms with Gasteiger partial charge in [-0.3, -0.25) is 9.59 Å². The SMILES string of the molecule is CC(C)C(=O)Nc1ccc(NC(=O)NCc2cccc(C(=O)NCCN(C)C)c2)cc1. The minimum atomic E-state index is -0.361. The first-order valence-electron chi connectivity index (χ1n) is 10.2. The first kappa shape index (κ1) is 23.9. The molecule has 8 heteroatoms. The summed E-state index contributed by atoms with van der Waals surface area (Å²) in [5.74, 6) is -0.309. The average molecular weight is 426 g/mol. The van der Waals surface area contributed by atoms with Crippen LogP contribution in [-0.4, -0.2) is 49.9 Å². The van der Waals surface area contributed by atoms with Gasteiger partial charge in [-0.2, -0.15) is 0 Å². The predicted octanol–water partition coefficient (Wildman–Crippen LogP) is 2.89. The Labute approximate surface area is 183 Å². The minimum absolute atomic E-state index is 0.0629. The van der Waals surface area contributed by atoms with E-state index in [0.29, 0.717) is 23.5 Å². The topological polar surface area (TPSA) is 103 Å². The zero-order chi connectivity index (χ0) is 22.8. The van der Waals surface area contributed by atoms with E-state index in [-0.39, 0.29) is 30.3 Å². The van der Waals surface area contributed by atoms with Gasteiger partial charge in [0, 0.05) is 42.5 Å². The summed E-state index contributed by atoms with van der Waals surface area (Å²) in [5.41, 5.74) is 2.65. The van der Waals surface area contributed by atoms with Crippen LogP contribution in [0.5, 0.6) is 0 Å². The molecule has 0 aliphatic carbocycles. The highest BCUT2D eigenvalue weighted by atomic mass is 16.2. The summed E-state index contributed by atoms with van der Waals surface area (Å²) in [6.45, 7) is 5.26. The van der Waals surface area contributed by atoms with Crippen molar-refractivity contribution in [2.24, 2.45) is 5.92 Å². The molecule has 0 saturated carbocycles. The van der Waals surface area contributed by atoms with Crippen molar-refractivity contribution in [2.45, 2.75) is 20.4 Å². The summed E-state index contributed by atoms with van der Waals surface area (Å²) in [5, 5.41) is 11.2. The molecule has 0 heterocycles. The Morgan fingerprint density at radius 1 is 0.903 bits per heavy atom. The molecule has 0 fully saturated rings. The zero-order valence-corrected chi connectivity index (χ0v) is 18.5. The second-order valence-corrected chi connectivity index (χ2v) is 7.79. The first-order valence-corrected chi connectivity index (χ1v) is 10.2. The molecule has 2 aromatic rings. The molecule has 0 bridgehead atoms. The largest absolute Gasteiger partial charge is 0.351 e. The fraction of sp³-hybridized carbons (Fsp3) is 0.348. The molecule has 0 radical (unpaired) electrons. The molecule has 4 N–H and O–H groups in total. The van der Waals surface area contributed by atoms with Gasteiger partial charge in [-0.05, 0) is 56.1 Å². The molecule has 0 aromatic heterocycles. The maximum Gasteiger partial charge on any atom is 0.319 e. The van der Waals surface area contributed by atoms with E-state index >= 15 is 0 Å². The number of rotatable bonds is 9. The second-order valence-electron chi connectivity index (χ2n) is 7.79. The summed E-state index contributed by atoms with van der Waals surface area (Å²) in [7, 11) is 3.89. The maximum absolute atomic E-state index is 12.2. The summed E-state index contributed by atoms with van der Waals surface area (Å²) in [4.78, 5) is 38.1. The lowest BCUT2D eigenvalue weighted by molar-refractivity contribution is -0.118. The molecule has 0 atom stereocenters. The Kier molecular flexibility index (Phi) is 9.02. The monoisotopic (exact) mass is 425 g/mol. The van der Waals surface area contributed by atoms with Crippen LogP contribution in [0.1, 0.15) is 29.8 Å². The van der Waals surface area contributed by atoms with Crippen LogP contribution in [0.15, 0.2) is 48.5 Å². The normalized spacial score (nSPS) is 10.6. The van der Waals surface area contributed by atoms with Crippen molar-refractivity contribution in [3.63, 3.8) is 0 Å². The lowest BCUT2D eigenvalue weighted by atomic mass is 10.1. The van der Waals surface area contributed by atoms with Gasteiger partial charge < -0.3 is 26.2 Å². The predicted molar refractivity (Wildman–Crippen MR) is 123 cm³/mol. The number of nitrogens with one attached hydrogen (secondary N) is 4. The van der Waals surface area contributed by atoms with Crippen molar-refractivity contribution >= 4 is 29.2 Å². The van der Waals surface area contributed by atoms with Gasteiger partial charge in [-0.15, -0.1) is 0 Å². The lowest BCUT2D eigenvalue weighted by Crippen LogP contribution is -2.31. The standard InChI is InChI=1S/C23H31N5O3/c1-16(2)21(29)26-19-8-10-20(11-9-19)27-23(31)25-15-17-6-5-7-18(14-17)22(30)24-12-13-28(3)4/h5-11,14,16H,12-13,15H2,1-4H3,(H,24,30)(H,26,29)(H2,25,27,31). The molecule has 0 unspecified atom stereocenters. The van der Waals surface area contributed by atoms with Gasteiger partial charge in [0.2, 0.25) is 5.91 Å². The zero-order valence-electron chi connectivity index (χ0n) is 18.5. The van der Waals surface area contributed by atoms with Crippen molar-refractivity contribution in [3.05, 3.63) is 59.7 Å². The van der Waals surface area contributed by atoms with E-state index in [9.17, 15) is 14.4 Å². The Hall–Kier alpha value is -3.39. The summed E-state index contributed by atoms with van der Waals surface area (Å²) >= 11 is 0. The van der Waals surface area contributed by atoms with E-state index in [0.717, 1.165) is 12.1 Å². The molecule has 4 amide bonds. The number of urea groups is 1. The van der Waals surface area contributed by atoms with Crippen LogP contribution in [0.25, 0.3) is 0 Å². The summed E-state index contributed by atoms with van der Waals surface area (Å²) < 4.78 is 0. The number of anilines is 2. The molecule has 2 rings (SSSR count). The van der Waals surface area contributed by atoms with Crippen molar-refractivity contribution in [3.8, 4) is 0 Å². The molecule has 0 aliphatic heterocycles. The van der Waals surface area contributed by atoms with E-state index in [4.69, 9.17) is 0 Å². The Balaban J connectivity index is 1.83. The van der Waals surface area contributed by atoms with Gasteiger partial charge >= 0.3 is 6.03 Å². The van der Waals surface area contributed by atoms with Crippen LogP contribution < -0.4 is 21.3 Å². The van der Waals surface area contributed by atoms with Gasteiger partial charge in [0.05, 0.1) is 0 Å². The van der Waals surface area contributed by atoms with Crippen molar-refractivity contribution < 1.29 is 14.4 Å². The first-order chi connectivity index (χ1) is 14.7. The molecular formula is C23H31N5O3. The number of likely N-dealkylation sites (N-methyl/N-ethyl adjacent to an activating group) is 1. The Morgan fingerprint density at radius 3 is 2.16 bits per heavy atom. The van der Waals surface area contributed by atoms with Crippen molar-refractivity contribution in [1.29, 1.82) is 0 Å². The molecule has 0 spiro atoms. The van der Waals surface area contributed by atoms with Gasteiger partial charge in [-0.25, -0.2) is 4.79 Å². The van der Waals surface area contributed by atoms with E-state index in [1.54, 1.807) is 42.5 Å². The van der Waals surface area contributed by atoms with Crippen LogP contribution >= 0.6 is 0 Å². The highest BCUT2D eigenvalue weighted by molar-refractivity contribution is 5.94. The van der Waals surface area contributed by atoms with E-state index < -0.39 is 0 Å². The van der Waals surface area contributed by atoms with Crippen LogP contribution in [0.4, 0.5) is 16.2 Å². The third-order valence-corrected chi connectivity index (χ3v) is 4.42. The maximum atomic E-state index is 12.2. The molecule has 2 aromatic carbocycles. The summed E-state index contributed by atoms with van der Waals surface area (Å²) in [6, 6.07) is 13.7. The van der Waals surface area contributed by atoms with Gasteiger partial charge in [0.15, 0.2) is 0 Å². The van der Waals surface area contributed by atoms with Gasteiger partial charge in [0.25, 0.3) is 5.91 Å². The van der Waals surface area contributed by atoms with Crippen LogP contribution in [0.2, 0.25) is 0 Å². The third kappa shape index (κ3) is 8.47. The van der Waals surface area contributed by atoms with E-state index in [2.05, 4.69) is 21.3 Å². The Morgan fingerprint density at radius 2 is 1.55 bits per heavy atom. The smallest absolute Gasteiger partial charge is 0.319 e. The second kappa shape index (κ2) is 11.7. The highest BCUT2D eigenvalue weighted by Crippen LogP contribution is 2.14. The van der Waals surface area contributed by atoms with Crippen LogP contribution in [-0.2, 0) is 11.3 Å². The molecule has 166 valence electrons. The number of benzene rings is 2. The van der Waals surface area contributed by atoms with Gasteiger partial charge in [-0.1, -0.05) is 26.0 Å². The quantitative estimate of drug-likeness (QED) is 0.496. The fourth-order valence-electron chi connectivity index (χ4n) is 2.60. The van der Waals surface area contributed by atoms with Gasteiger partial charge in [0.1, 0.15) is 0 Å². The fourth-order valence-corrected chi connectivity index (χ4v) is 2.60. The van der Waals surface area contributed by atoms with Crippen molar-refractivity contribution in [1.82, 2.24) is 15.5 Å². The number of amides is 4. The number of nitrogens with zero attached hydrogens (tertiary/aromatic N) is 1. The number of hydrogen-bond acceptors (Lipinski definition) is 4. The molecule has 8 nitrogen and oxygen atoms in total.